The Balaban J connectivity index is 1.77. The van der Waals surface area contributed by atoms with Gasteiger partial charge in [0.05, 0.1) is 0 Å². The molecule has 1 aromatic rings. The lowest BCUT2D eigenvalue weighted by Gasteiger charge is -2.23. The zero-order valence-electron chi connectivity index (χ0n) is 10.4. The van der Waals surface area contributed by atoms with Crippen molar-refractivity contribution < 1.29 is 4.39 Å². The van der Waals surface area contributed by atoms with E-state index < -0.39 is 0 Å². The van der Waals surface area contributed by atoms with Crippen molar-refractivity contribution >= 4 is 0 Å². The highest BCUT2D eigenvalue weighted by Gasteiger charge is 2.11. The molecule has 1 aromatic carbocycles. The fourth-order valence-electron chi connectivity index (χ4n) is 2.38. The van der Waals surface area contributed by atoms with Crippen LogP contribution in [-0.2, 0) is 6.42 Å². The topological polar surface area (TPSA) is 24.1 Å². The fraction of sp³-hybridized carbons (Fsp3) is 0.571. The van der Waals surface area contributed by atoms with Crippen molar-refractivity contribution in [2.45, 2.75) is 32.2 Å². The van der Waals surface area contributed by atoms with Crippen LogP contribution in [0.15, 0.2) is 18.2 Å². The van der Waals surface area contributed by atoms with Gasteiger partial charge in [-0.2, -0.15) is 0 Å². The molecule has 0 bridgehead atoms. The molecule has 2 N–H and O–H groups in total. The van der Waals surface area contributed by atoms with Crippen LogP contribution >= 0.6 is 0 Å². The van der Waals surface area contributed by atoms with Crippen molar-refractivity contribution in [1.29, 1.82) is 0 Å². The van der Waals surface area contributed by atoms with E-state index in [0.717, 1.165) is 31.6 Å². The third kappa shape index (κ3) is 3.79. The fourth-order valence-corrected chi connectivity index (χ4v) is 2.38. The first-order chi connectivity index (χ1) is 8.25. The summed E-state index contributed by atoms with van der Waals surface area (Å²) in [6.45, 7) is 5.20. The Morgan fingerprint density at radius 1 is 1.35 bits per heavy atom. The maximum absolute atomic E-state index is 12.9. The van der Waals surface area contributed by atoms with Gasteiger partial charge in [-0.3, -0.25) is 0 Å². The van der Waals surface area contributed by atoms with Crippen LogP contribution in [0.2, 0.25) is 0 Å². The zero-order chi connectivity index (χ0) is 12.1. The molecule has 1 aliphatic rings. The summed E-state index contributed by atoms with van der Waals surface area (Å²) in [6, 6.07) is 5.71. The lowest BCUT2D eigenvalue weighted by Crippen LogP contribution is -2.40. The highest BCUT2D eigenvalue weighted by atomic mass is 19.1. The quantitative estimate of drug-likeness (QED) is 0.835. The normalized spacial score (nSPS) is 17.3. The van der Waals surface area contributed by atoms with Crippen LogP contribution in [0.4, 0.5) is 4.39 Å². The van der Waals surface area contributed by atoms with Crippen molar-refractivity contribution in [2.24, 2.45) is 0 Å². The summed E-state index contributed by atoms with van der Waals surface area (Å²) in [5, 5.41) is 6.93. The van der Waals surface area contributed by atoms with Gasteiger partial charge in [-0.1, -0.05) is 6.07 Å². The average molecular weight is 236 g/mol. The van der Waals surface area contributed by atoms with Crippen molar-refractivity contribution in [3.8, 4) is 0 Å². The molecule has 0 radical (unpaired) electrons. The van der Waals surface area contributed by atoms with Crippen LogP contribution in [0.1, 0.15) is 24.0 Å². The number of piperidine rings is 1. The number of hydrogen-bond acceptors (Lipinski definition) is 2. The third-order valence-corrected chi connectivity index (χ3v) is 3.47. The van der Waals surface area contributed by atoms with Crippen molar-refractivity contribution in [1.82, 2.24) is 10.6 Å². The molecule has 0 aromatic heterocycles. The molecule has 0 spiro atoms. The predicted molar refractivity (Wildman–Crippen MR) is 68.7 cm³/mol. The summed E-state index contributed by atoms with van der Waals surface area (Å²) in [7, 11) is 0. The van der Waals surface area contributed by atoms with E-state index >= 15 is 0 Å². The van der Waals surface area contributed by atoms with E-state index in [2.05, 4.69) is 10.6 Å². The number of hydrogen-bond donors (Lipinski definition) is 2. The molecule has 1 aliphatic heterocycles. The molecule has 0 atom stereocenters. The smallest absolute Gasteiger partial charge is 0.123 e. The molecule has 1 fully saturated rings. The number of nitrogens with one attached hydrogen (secondary N) is 2. The van der Waals surface area contributed by atoms with Crippen molar-refractivity contribution in [3.05, 3.63) is 35.1 Å². The van der Waals surface area contributed by atoms with Gasteiger partial charge < -0.3 is 10.6 Å². The van der Waals surface area contributed by atoms with Gasteiger partial charge >= 0.3 is 0 Å². The van der Waals surface area contributed by atoms with E-state index in [-0.39, 0.29) is 5.82 Å². The standard InChI is InChI=1S/C14H21FN2/c1-11-10-13(15)3-2-12(11)4-9-17-14-5-7-16-8-6-14/h2-3,10,14,16-17H,4-9H2,1H3. The molecule has 2 nitrogen and oxygen atoms in total. The molecule has 1 heterocycles. The largest absolute Gasteiger partial charge is 0.317 e. The van der Waals surface area contributed by atoms with Gasteiger partial charge in [0.1, 0.15) is 5.82 Å². The molecule has 0 amide bonds. The second-order valence-corrected chi connectivity index (χ2v) is 4.80. The second-order valence-electron chi connectivity index (χ2n) is 4.80. The van der Waals surface area contributed by atoms with Crippen molar-refractivity contribution in [3.63, 3.8) is 0 Å². The summed E-state index contributed by atoms with van der Waals surface area (Å²) < 4.78 is 12.9. The minimum absolute atomic E-state index is 0.141. The van der Waals surface area contributed by atoms with E-state index in [1.807, 2.05) is 13.0 Å². The summed E-state index contributed by atoms with van der Waals surface area (Å²) in [5.74, 6) is -0.141. The number of benzene rings is 1. The first kappa shape index (κ1) is 12.5. The van der Waals surface area contributed by atoms with Crippen LogP contribution in [0.25, 0.3) is 0 Å². The Labute approximate surface area is 103 Å². The summed E-state index contributed by atoms with van der Waals surface area (Å²) in [4.78, 5) is 0. The minimum atomic E-state index is -0.141. The Kier molecular flexibility index (Phi) is 4.51. The van der Waals surface area contributed by atoms with Gasteiger partial charge in [-0.15, -0.1) is 0 Å². The van der Waals surface area contributed by atoms with E-state index in [1.54, 1.807) is 12.1 Å². The van der Waals surface area contributed by atoms with Crippen LogP contribution in [0.3, 0.4) is 0 Å². The van der Waals surface area contributed by atoms with Crippen LogP contribution < -0.4 is 10.6 Å². The Hall–Kier alpha value is -0.930. The molecule has 17 heavy (non-hydrogen) atoms. The molecule has 2 rings (SSSR count). The van der Waals surface area contributed by atoms with Crippen LogP contribution in [-0.4, -0.2) is 25.7 Å². The van der Waals surface area contributed by atoms with E-state index in [4.69, 9.17) is 0 Å². The van der Waals surface area contributed by atoms with Gasteiger partial charge in [-0.05, 0) is 69.1 Å². The molecule has 94 valence electrons. The van der Waals surface area contributed by atoms with Crippen LogP contribution in [0, 0.1) is 12.7 Å². The van der Waals surface area contributed by atoms with E-state index in [0.29, 0.717) is 6.04 Å². The molecule has 0 aliphatic carbocycles. The second kappa shape index (κ2) is 6.12. The number of aryl methyl sites for hydroxylation is 1. The molecule has 0 unspecified atom stereocenters. The average Bonchev–Trinajstić information content (AvgIpc) is 2.33. The maximum Gasteiger partial charge on any atom is 0.123 e. The molecule has 0 saturated carbocycles. The lowest BCUT2D eigenvalue weighted by molar-refractivity contribution is 0.389. The highest BCUT2D eigenvalue weighted by molar-refractivity contribution is 5.26. The zero-order valence-corrected chi connectivity index (χ0v) is 10.4. The van der Waals surface area contributed by atoms with Gasteiger partial charge in [0.15, 0.2) is 0 Å². The lowest BCUT2D eigenvalue weighted by atomic mass is 10.0. The van der Waals surface area contributed by atoms with E-state index in [1.165, 1.54) is 18.4 Å². The molecule has 3 heteroatoms. The highest BCUT2D eigenvalue weighted by Crippen LogP contribution is 2.10. The van der Waals surface area contributed by atoms with Crippen LogP contribution in [0.5, 0.6) is 0 Å². The van der Waals surface area contributed by atoms with Crippen molar-refractivity contribution in [2.75, 3.05) is 19.6 Å². The Morgan fingerprint density at radius 2 is 2.12 bits per heavy atom. The maximum atomic E-state index is 12.9. The molecule has 1 saturated heterocycles. The molecular weight excluding hydrogens is 215 g/mol. The van der Waals surface area contributed by atoms with Gasteiger partial charge in [0.25, 0.3) is 0 Å². The summed E-state index contributed by atoms with van der Waals surface area (Å²) in [6.07, 6.45) is 3.40. The first-order valence-electron chi connectivity index (χ1n) is 6.45. The third-order valence-electron chi connectivity index (χ3n) is 3.47. The van der Waals surface area contributed by atoms with Gasteiger partial charge in [0, 0.05) is 6.04 Å². The SMILES string of the molecule is Cc1cc(F)ccc1CCNC1CCNCC1. The monoisotopic (exact) mass is 236 g/mol. The van der Waals surface area contributed by atoms with E-state index in [9.17, 15) is 4.39 Å². The first-order valence-corrected chi connectivity index (χ1v) is 6.45. The number of rotatable bonds is 4. The predicted octanol–water partition coefficient (Wildman–Crippen LogP) is 2.02. The Bertz CT molecular complexity index is 359. The van der Waals surface area contributed by atoms with Gasteiger partial charge in [0.2, 0.25) is 0 Å². The molecular formula is C14H21FN2. The minimum Gasteiger partial charge on any atom is -0.317 e. The number of halogens is 1. The van der Waals surface area contributed by atoms with Gasteiger partial charge in [-0.25, -0.2) is 4.39 Å². The summed E-state index contributed by atoms with van der Waals surface area (Å²) >= 11 is 0. The summed E-state index contributed by atoms with van der Waals surface area (Å²) in [5.41, 5.74) is 2.30. The Morgan fingerprint density at radius 3 is 2.82 bits per heavy atom.